The van der Waals surface area contributed by atoms with Gasteiger partial charge in [0.05, 0.1) is 5.56 Å². The van der Waals surface area contributed by atoms with Crippen LogP contribution in [0.15, 0.2) is 78.9 Å². The highest BCUT2D eigenvalue weighted by Crippen LogP contribution is 2.22. The van der Waals surface area contributed by atoms with E-state index < -0.39 is 5.97 Å². The first kappa shape index (κ1) is 22.4. The summed E-state index contributed by atoms with van der Waals surface area (Å²) in [5.41, 5.74) is 2.09. The third kappa shape index (κ3) is 6.57. The Balaban J connectivity index is 1.19. The number of hydrogen-bond acceptors (Lipinski definition) is 4. The zero-order chi connectivity index (χ0) is 23.0. The van der Waals surface area contributed by atoms with Crippen LogP contribution >= 0.6 is 0 Å². The average molecular weight is 446 g/mol. The second-order valence-electron chi connectivity index (χ2n) is 8.09. The van der Waals surface area contributed by atoms with E-state index in [9.17, 15) is 9.59 Å². The van der Waals surface area contributed by atoms with Crippen LogP contribution in [0, 0.1) is 0 Å². The highest BCUT2D eigenvalue weighted by atomic mass is 16.5. The average Bonchev–Trinajstić information content (AvgIpc) is 2.83. The summed E-state index contributed by atoms with van der Waals surface area (Å²) in [6.07, 6.45) is 1.73. The predicted molar refractivity (Wildman–Crippen MR) is 127 cm³/mol. The summed E-state index contributed by atoms with van der Waals surface area (Å²) in [5, 5.41) is 14.9. The number of amides is 2. The summed E-state index contributed by atoms with van der Waals surface area (Å²) in [4.78, 5) is 25.7. The first-order valence-corrected chi connectivity index (χ1v) is 11.0. The first-order valence-electron chi connectivity index (χ1n) is 11.0. The minimum absolute atomic E-state index is 0.122. The Kier molecular flexibility index (Phi) is 7.22. The number of nitrogens with zero attached hydrogens (tertiary/aromatic N) is 1. The van der Waals surface area contributed by atoms with Gasteiger partial charge in [0.15, 0.2) is 0 Å². The summed E-state index contributed by atoms with van der Waals surface area (Å²) in [6.45, 7) is 2.52. The van der Waals surface area contributed by atoms with Crippen molar-refractivity contribution in [3.8, 4) is 11.5 Å². The quantitative estimate of drug-likeness (QED) is 0.478. The smallest absolute Gasteiger partial charge is 0.335 e. The number of anilines is 1. The number of benzene rings is 3. The normalized spacial score (nSPS) is 14.4. The SMILES string of the molecule is O=C(Nc1ccc(Oc2ccccc2)cc1)NC1CCN(Cc2ccc(C(=O)O)cc2)CC1. The molecule has 0 aliphatic carbocycles. The van der Waals surface area contributed by atoms with Crippen molar-refractivity contribution in [2.75, 3.05) is 18.4 Å². The molecule has 0 spiro atoms. The second-order valence-corrected chi connectivity index (χ2v) is 8.09. The number of nitrogens with one attached hydrogen (secondary N) is 2. The van der Waals surface area contributed by atoms with E-state index in [1.54, 1.807) is 12.1 Å². The zero-order valence-electron chi connectivity index (χ0n) is 18.2. The maximum Gasteiger partial charge on any atom is 0.335 e. The molecule has 0 saturated carbocycles. The van der Waals surface area contributed by atoms with Crippen LogP contribution in [-0.2, 0) is 6.54 Å². The number of rotatable bonds is 7. The Bertz CT molecular complexity index is 1060. The fourth-order valence-corrected chi connectivity index (χ4v) is 3.83. The monoisotopic (exact) mass is 445 g/mol. The van der Waals surface area contributed by atoms with E-state index in [0.29, 0.717) is 17.0 Å². The minimum atomic E-state index is -0.914. The van der Waals surface area contributed by atoms with E-state index in [2.05, 4.69) is 15.5 Å². The van der Waals surface area contributed by atoms with E-state index in [-0.39, 0.29) is 12.1 Å². The molecule has 2 amide bonds. The Morgan fingerprint density at radius 2 is 1.52 bits per heavy atom. The number of ether oxygens (including phenoxy) is 1. The van der Waals surface area contributed by atoms with Crippen molar-refractivity contribution >= 4 is 17.7 Å². The van der Waals surface area contributed by atoms with Crippen molar-refractivity contribution in [3.05, 3.63) is 90.0 Å². The minimum Gasteiger partial charge on any atom is -0.478 e. The molecule has 3 N–H and O–H groups in total. The number of aromatic carboxylic acids is 1. The topological polar surface area (TPSA) is 90.9 Å². The van der Waals surface area contributed by atoms with E-state index >= 15 is 0 Å². The lowest BCUT2D eigenvalue weighted by Gasteiger charge is -2.32. The molecular weight excluding hydrogens is 418 g/mol. The third-order valence-corrected chi connectivity index (χ3v) is 5.62. The van der Waals surface area contributed by atoms with Crippen LogP contribution in [0.1, 0.15) is 28.8 Å². The molecule has 3 aromatic rings. The van der Waals surface area contributed by atoms with Gasteiger partial charge >= 0.3 is 12.0 Å². The zero-order valence-corrected chi connectivity index (χ0v) is 18.2. The van der Waals surface area contributed by atoms with E-state index in [1.165, 1.54) is 0 Å². The van der Waals surface area contributed by atoms with Crippen LogP contribution in [0.2, 0.25) is 0 Å². The van der Waals surface area contributed by atoms with Crippen LogP contribution in [0.3, 0.4) is 0 Å². The van der Waals surface area contributed by atoms with Crippen molar-refractivity contribution in [2.24, 2.45) is 0 Å². The van der Waals surface area contributed by atoms with Gasteiger partial charge in [-0.2, -0.15) is 0 Å². The van der Waals surface area contributed by atoms with Gasteiger partial charge in [0.25, 0.3) is 0 Å². The molecule has 170 valence electrons. The Morgan fingerprint density at radius 1 is 0.879 bits per heavy atom. The van der Waals surface area contributed by atoms with Gasteiger partial charge in [-0.05, 0) is 66.9 Å². The molecule has 0 atom stereocenters. The molecule has 1 fully saturated rings. The molecule has 0 radical (unpaired) electrons. The van der Waals surface area contributed by atoms with Crippen molar-refractivity contribution in [1.82, 2.24) is 10.2 Å². The number of para-hydroxylation sites is 1. The van der Waals surface area contributed by atoms with Gasteiger partial charge < -0.3 is 20.5 Å². The van der Waals surface area contributed by atoms with Crippen LogP contribution in [-0.4, -0.2) is 41.1 Å². The fourth-order valence-electron chi connectivity index (χ4n) is 3.83. The Hall–Kier alpha value is -3.84. The maximum atomic E-state index is 12.4. The van der Waals surface area contributed by atoms with Gasteiger partial charge in [0.1, 0.15) is 11.5 Å². The van der Waals surface area contributed by atoms with Gasteiger partial charge in [0.2, 0.25) is 0 Å². The largest absolute Gasteiger partial charge is 0.478 e. The molecule has 7 nitrogen and oxygen atoms in total. The molecule has 1 saturated heterocycles. The molecule has 33 heavy (non-hydrogen) atoms. The van der Waals surface area contributed by atoms with Gasteiger partial charge in [-0.15, -0.1) is 0 Å². The highest BCUT2D eigenvalue weighted by Gasteiger charge is 2.21. The number of hydrogen-bond donors (Lipinski definition) is 3. The van der Waals surface area contributed by atoms with Crippen LogP contribution in [0.4, 0.5) is 10.5 Å². The van der Waals surface area contributed by atoms with E-state index in [0.717, 1.165) is 43.8 Å². The Morgan fingerprint density at radius 3 is 2.15 bits per heavy atom. The Labute approximate surface area is 193 Å². The lowest BCUT2D eigenvalue weighted by Crippen LogP contribution is -2.45. The van der Waals surface area contributed by atoms with Crippen molar-refractivity contribution < 1.29 is 19.4 Å². The fraction of sp³-hybridized carbons (Fsp3) is 0.231. The number of carbonyl (C=O) groups is 2. The molecule has 7 heteroatoms. The molecule has 4 rings (SSSR count). The highest BCUT2D eigenvalue weighted by molar-refractivity contribution is 5.89. The second kappa shape index (κ2) is 10.7. The summed E-state index contributed by atoms with van der Waals surface area (Å²) in [7, 11) is 0. The summed E-state index contributed by atoms with van der Waals surface area (Å²) < 4.78 is 5.77. The lowest BCUT2D eigenvalue weighted by molar-refractivity contribution is 0.0696. The number of likely N-dealkylation sites (tertiary alicyclic amines) is 1. The summed E-state index contributed by atoms with van der Waals surface area (Å²) >= 11 is 0. The maximum absolute atomic E-state index is 12.4. The summed E-state index contributed by atoms with van der Waals surface area (Å²) in [6, 6.07) is 23.7. The molecule has 1 aliphatic heterocycles. The molecule has 0 bridgehead atoms. The van der Waals surface area contributed by atoms with E-state index in [1.807, 2.05) is 66.7 Å². The molecule has 0 aromatic heterocycles. The number of piperidine rings is 1. The molecular formula is C26H27N3O4. The predicted octanol–water partition coefficient (Wildman–Crippen LogP) is 4.96. The summed E-state index contributed by atoms with van der Waals surface area (Å²) in [5.74, 6) is 0.555. The number of carbonyl (C=O) groups excluding carboxylic acids is 1. The molecule has 0 unspecified atom stereocenters. The van der Waals surface area contributed by atoms with Crippen LogP contribution in [0.25, 0.3) is 0 Å². The number of carboxylic acid groups (broad SMARTS) is 1. The lowest BCUT2D eigenvalue weighted by atomic mass is 10.0. The van der Waals surface area contributed by atoms with Crippen molar-refractivity contribution in [3.63, 3.8) is 0 Å². The first-order chi connectivity index (χ1) is 16.0. The number of carboxylic acids is 1. The molecule has 1 aliphatic rings. The van der Waals surface area contributed by atoms with Crippen molar-refractivity contribution in [2.45, 2.75) is 25.4 Å². The standard InChI is InChI=1S/C26H27N3O4/c30-25(31)20-8-6-19(7-9-20)18-29-16-14-22(15-17-29)28-26(32)27-21-10-12-24(13-11-21)33-23-4-2-1-3-5-23/h1-13,22H,14-18H2,(H,30,31)(H2,27,28,32). The van der Waals surface area contributed by atoms with Crippen LogP contribution < -0.4 is 15.4 Å². The molecule has 1 heterocycles. The van der Waals surface area contributed by atoms with Gasteiger partial charge in [-0.1, -0.05) is 30.3 Å². The van der Waals surface area contributed by atoms with Gasteiger partial charge in [-0.3, -0.25) is 4.90 Å². The number of urea groups is 1. The van der Waals surface area contributed by atoms with E-state index in [4.69, 9.17) is 9.84 Å². The van der Waals surface area contributed by atoms with Crippen molar-refractivity contribution in [1.29, 1.82) is 0 Å². The van der Waals surface area contributed by atoms with Gasteiger partial charge in [0, 0.05) is 31.4 Å². The van der Waals surface area contributed by atoms with Gasteiger partial charge in [-0.25, -0.2) is 9.59 Å². The van der Waals surface area contributed by atoms with Crippen LogP contribution in [0.5, 0.6) is 11.5 Å². The third-order valence-electron chi connectivity index (χ3n) is 5.62. The molecule has 3 aromatic carbocycles.